The van der Waals surface area contributed by atoms with Crippen LogP contribution in [0.25, 0.3) is 4.85 Å². The van der Waals surface area contributed by atoms with Crippen LogP contribution in [0.1, 0.15) is 51.2 Å². The Kier molecular flexibility index (Phi) is 7.21. The largest absolute Gasteiger partial charge is 0.444 e. The van der Waals surface area contributed by atoms with Gasteiger partial charge in [-0.2, -0.15) is 0 Å². The summed E-state index contributed by atoms with van der Waals surface area (Å²) < 4.78 is 11.6. The molecule has 6 nitrogen and oxygen atoms in total. The molecule has 1 aromatic heterocycles. The van der Waals surface area contributed by atoms with Gasteiger partial charge in [0.05, 0.1) is 24.7 Å². The van der Waals surface area contributed by atoms with E-state index in [1.54, 1.807) is 45.6 Å². The van der Waals surface area contributed by atoms with Crippen molar-refractivity contribution < 1.29 is 14.3 Å². The fourth-order valence-corrected chi connectivity index (χ4v) is 5.69. The van der Waals surface area contributed by atoms with Crippen molar-refractivity contribution in [2.24, 2.45) is 0 Å². The van der Waals surface area contributed by atoms with E-state index < -0.39 is 11.3 Å². The first kappa shape index (κ1) is 23.9. The van der Waals surface area contributed by atoms with Crippen molar-refractivity contribution in [2.45, 2.75) is 68.6 Å². The average molecular weight is 480 g/mol. The zero-order valence-electron chi connectivity index (χ0n) is 18.2. The first-order valence-electron chi connectivity index (χ1n) is 9.88. The number of thiazole rings is 1. The molecule has 0 radical (unpaired) electrons. The Labute approximate surface area is 196 Å². The summed E-state index contributed by atoms with van der Waals surface area (Å²) in [5, 5.41) is 0.522. The third-order valence-corrected chi connectivity index (χ3v) is 7.33. The summed E-state index contributed by atoms with van der Waals surface area (Å²) >= 11 is 9.21. The minimum absolute atomic E-state index is 0.0124. The topological polar surface area (TPSA) is 56.0 Å². The first-order valence-corrected chi connectivity index (χ1v) is 12.0. The molecule has 1 fully saturated rings. The lowest BCUT2D eigenvalue weighted by molar-refractivity contribution is -0.0626. The van der Waals surface area contributed by atoms with E-state index in [2.05, 4.69) is 9.83 Å². The van der Waals surface area contributed by atoms with Gasteiger partial charge in [-0.3, -0.25) is 9.88 Å². The smallest absolute Gasteiger partial charge is 0.412 e. The van der Waals surface area contributed by atoms with Gasteiger partial charge in [0.1, 0.15) is 11.3 Å². The molecule has 1 aliphatic heterocycles. The minimum Gasteiger partial charge on any atom is -0.444 e. The number of hydrogen-bond acceptors (Lipinski definition) is 6. The highest BCUT2D eigenvalue weighted by atomic mass is 35.5. The summed E-state index contributed by atoms with van der Waals surface area (Å²) in [6.45, 7) is 17.2. The number of halogens is 1. The number of ether oxygens (including phenoxy) is 2. The van der Waals surface area contributed by atoms with Crippen molar-refractivity contribution >= 4 is 46.5 Å². The van der Waals surface area contributed by atoms with Crippen LogP contribution < -0.4 is 0 Å². The lowest BCUT2D eigenvalue weighted by Gasteiger charge is -2.36. The van der Waals surface area contributed by atoms with Crippen LogP contribution in [0.4, 0.5) is 10.5 Å². The molecule has 3 rings (SSSR count). The predicted molar refractivity (Wildman–Crippen MR) is 125 cm³/mol. The molecule has 0 N–H and O–H groups in total. The SMILES string of the molecule is [C-]#[N+]c1cc(Cl)ccc1S[C@H](CC1COC(C)(C)N1C(=O)OC(C)(C)C)c1cncs1. The molecule has 9 heteroatoms. The quantitative estimate of drug-likeness (QED) is 0.343. The summed E-state index contributed by atoms with van der Waals surface area (Å²) in [7, 11) is 0. The number of nitrogens with zero attached hydrogens (tertiary/aromatic N) is 3. The molecule has 0 bridgehead atoms. The predicted octanol–water partition coefficient (Wildman–Crippen LogP) is 6.94. The highest BCUT2D eigenvalue weighted by Gasteiger charge is 2.46. The molecular weight excluding hydrogens is 454 g/mol. The van der Waals surface area contributed by atoms with Gasteiger partial charge in [-0.25, -0.2) is 9.64 Å². The molecule has 2 atom stereocenters. The number of rotatable bonds is 5. The summed E-state index contributed by atoms with van der Waals surface area (Å²) in [5.41, 5.74) is 0.943. The van der Waals surface area contributed by atoms with Crippen LogP contribution in [0.5, 0.6) is 0 Å². The van der Waals surface area contributed by atoms with Crippen molar-refractivity contribution in [2.75, 3.05) is 6.61 Å². The van der Waals surface area contributed by atoms with E-state index in [1.807, 2.05) is 46.9 Å². The van der Waals surface area contributed by atoms with E-state index in [-0.39, 0.29) is 17.4 Å². The monoisotopic (exact) mass is 479 g/mol. The van der Waals surface area contributed by atoms with Gasteiger partial charge < -0.3 is 9.47 Å². The van der Waals surface area contributed by atoms with E-state index in [9.17, 15) is 4.79 Å². The molecule has 2 heterocycles. The molecule has 1 aromatic carbocycles. The third kappa shape index (κ3) is 5.92. The number of carbonyl (C=O) groups excluding carboxylic acids is 1. The van der Waals surface area contributed by atoms with Crippen LogP contribution in [-0.2, 0) is 9.47 Å². The van der Waals surface area contributed by atoms with E-state index in [0.29, 0.717) is 23.7 Å². The van der Waals surface area contributed by atoms with Crippen LogP contribution in [-0.4, -0.2) is 40.0 Å². The minimum atomic E-state index is -0.766. The van der Waals surface area contributed by atoms with Crippen LogP contribution in [0.15, 0.2) is 34.8 Å². The Morgan fingerprint density at radius 2 is 2.26 bits per heavy atom. The second kappa shape index (κ2) is 9.37. The molecule has 166 valence electrons. The number of hydrogen-bond donors (Lipinski definition) is 0. The summed E-state index contributed by atoms with van der Waals surface area (Å²) in [4.78, 5) is 24.5. The van der Waals surface area contributed by atoms with Gasteiger partial charge in [-0.15, -0.1) is 23.1 Å². The maximum atomic E-state index is 13.0. The van der Waals surface area contributed by atoms with Gasteiger partial charge in [0, 0.05) is 26.2 Å². The van der Waals surface area contributed by atoms with Crippen LogP contribution in [0.3, 0.4) is 0 Å². The summed E-state index contributed by atoms with van der Waals surface area (Å²) in [5.74, 6) is 0. The van der Waals surface area contributed by atoms with E-state index in [1.165, 1.54) is 0 Å². The summed E-state index contributed by atoms with van der Waals surface area (Å²) in [6.07, 6.45) is 2.09. The molecule has 1 aliphatic rings. The molecular formula is C22H26ClN3O3S2. The first-order chi connectivity index (χ1) is 14.5. The third-order valence-electron chi connectivity index (χ3n) is 4.73. The second-order valence-electron chi connectivity index (χ2n) is 8.73. The highest BCUT2D eigenvalue weighted by Crippen LogP contribution is 2.46. The van der Waals surface area contributed by atoms with Gasteiger partial charge in [0.15, 0.2) is 0 Å². The Bertz CT molecular complexity index is 967. The molecule has 0 saturated carbocycles. The van der Waals surface area contributed by atoms with Crippen LogP contribution in [0.2, 0.25) is 5.02 Å². The molecule has 1 saturated heterocycles. The fraction of sp³-hybridized carbons (Fsp3) is 0.500. The Balaban J connectivity index is 1.88. The van der Waals surface area contributed by atoms with Gasteiger partial charge in [-0.1, -0.05) is 17.7 Å². The van der Waals surface area contributed by atoms with Crippen molar-refractivity contribution in [3.63, 3.8) is 0 Å². The molecule has 31 heavy (non-hydrogen) atoms. The lowest BCUT2D eigenvalue weighted by atomic mass is 10.1. The Morgan fingerprint density at radius 3 is 2.87 bits per heavy atom. The number of thioether (sulfide) groups is 1. The van der Waals surface area contributed by atoms with E-state index in [0.717, 1.165) is 9.77 Å². The molecule has 1 unspecified atom stereocenters. The highest BCUT2D eigenvalue weighted by molar-refractivity contribution is 7.99. The standard InChI is InChI=1S/C22H26ClN3O3S2/c1-21(2,3)29-20(27)26-15(12-28-22(26,4)5)10-18(19-11-25-13-30-19)31-17-8-7-14(23)9-16(17)24-6/h7-9,11,13,15,18H,10,12H2,1-5H3/t15?,18-/m1/s1. The maximum absolute atomic E-state index is 13.0. The van der Waals surface area contributed by atoms with Gasteiger partial charge in [0.2, 0.25) is 5.69 Å². The number of carbonyl (C=O) groups is 1. The molecule has 0 aliphatic carbocycles. The van der Waals surface area contributed by atoms with Crippen molar-refractivity contribution in [1.82, 2.24) is 9.88 Å². The van der Waals surface area contributed by atoms with E-state index >= 15 is 0 Å². The number of aromatic nitrogens is 1. The number of benzene rings is 1. The van der Waals surface area contributed by atoms with Gasteiger partial charge in [-0.05, 0) is 53.2 Å². The Hall–Kier alpha value is -1.79. The lowest BCUT2D eigenvalue weighted by Crippen LogP contribution is -2.50. The van der Waals surface area contributed by atoms with Crippen molar-refractivity contribution in [3.05, 3.63) is 51.2 Å². The fourth-order valence-electron chi connectivity index (χ4n) is 3.42. The average Bonchev–Trinajstić information content (AvgIpc) is 3.28. The zero-order valence-corrected chi connectivity index (χ0v) is 20.6. The van der Waals surface area contributed by atoms with Crippen molar-refractivity contribution in [3.8, 4) is 0 Å². The van der Waals surface area contributed by atoms with Crippen molar-refractivity contribution in [1.29, 1.82) is 0 Å². The maximum Gasteiger partial charge on any atom is 0.412 e. The molecule has 0 spiro atoms. The second-order valence-corrected chi connectivity index (χ2v) is 11.3. The van der Waals surface area contributed by atoms with Gasteiger partial charge >= 0.3 is 6.09 Å². The number of amides is 1. The summed E-state index contributed by atoms with van der Waals surface area (Å²) in [6, 6.07) is 5.16. The Morgan fingerprint density at radius 1 is 1.52 bits per heavy atom. The molecule has 1 amide bonds. The van der Waals surface area contributed by atoms with Crippen LogP contribution in [0, 0.1) is 6.57 Å². The molecule has 2 aromatic rings. The van der Waals surface area contributed by atoms with Gasteiger partial charge in [0.25, 0.3) is 0 Å². The van der Waals surface area contributed by atoms with Crippen LogP contribution >= 0.6 is 34.7 Å². The normalized spacial score (nSPS) is 19.1. The zero-order chi connectivity index (χ0) is 22.8. The van der Waals surface area contributed by atoms with E-state index in [4.69, 9.17) is 27.6 Å².